The summed E-state index contributed by atoms with van der Waals surface area (Å²) in [5.41, 5.74) is 6.16. The first-order chi connectivity index (χ1) is 28.5. The van der Waals surface area contributed by atoms with Crippen molar-refractivity contribution in [1.29, 1.82) is 0 Å². The van der Waals surface area contributed by atoms with Gasteiger partial charge in [0.1, 0.15) is 11.4 Å². The zero-order valence-electron chi connectivity index (χ0n) is 32.9. The van der Waals surface area contributed by atoms with Crippen molar-refractivity contribution in [3.63, 3.8) is 0 Å². The van der Waals surface area contributed by atoms with Crippen LogP contribution in [0.3, 0.4) is 0 Å². The van der Waals surface area contributed by atoms with Gasteiger partial charge in [-0.05, 0) is 98.2 Å². The van der Waals surface area contributed by atoms with E-state index in [2.05, 4.69) is 15.6 Å². The van der Waals surface area contributed by atoms with Crippen LogP contribution in [0, 0.1) is 6.92 Å². The number of pyridine rings is 1. The van der Waals surface area contributed by atoms with Gasteiger partial charge in [-0.2, -0.15) is 4.31 Å². The minimum absolute atomic E-state index is 0.201. The predicted molar refractivity (Wildman–Crippen MR) is 225 cm³/mol. The number of ketones is 1. The molecule has 2 aliphatic rings. The van der Waals surface area contributed by atoms with Gasteiger partial charge in [0.15, 0.2) is 0 Å². The maximum atomic E-state index is 13.9. The summed E-state index contributed by atoms with van der Waals surface area (Å²) in [6.45, 7) is 5.16. The number of rotatable bonds is 13. The topological polar surface area (TPSA) is 151 Å². The van der Waals surface area contributed by atoms with Crippen LogP contribution in [0.5, 0.6) is 0 Å². The van der Waals surface area contributed by atoms with Crippen molar-refractivity contribution in [2.24, 2.45) is 0 Å². The number of aryl methyl sites for hydroxylation is 3. The zero-order chi connectivity index (χ0) is 41.1. The molecule has 0 unspecified atom stereocenters. The van der Waals surface area contributed by atoms with Gasteiger partial charge in [0.25, 0.3) is 17.7 Å². The molecule has 0 bridgehead atoms. The van der Waals surface area contributed by atoms with Crippen molar-refractivity contribution >= 4 is 55.3 Å². The lowest BCUT2D eigenvalue weighted by Gasteiger charge is -2.16. The van der Waals surface area contributed by atoms with Gasteiger partial charge in [-0.1, -0.05) is 66.2 Å². The molecule has 2 fully saturated rings. The molecule has 8 rings (SSSR count). The van der Waals surface area contributed by atoms with Gasteiger partial charge in [0, 0.05) is 67.7 Å². The lowest BCUT2D eigenvalue weighted by molar-refractivity contribution is -0.125. The number of sulfonamides is 1. The maximum absolute atomic E-state index is 13.9. The van der Waals surface area contributed by atoms with Gasteiger partial charge in [0.05, 0.1) is 10.4 Å². The Bertz CT molecular complexity index is 2680. The zero-order valence-corrected chi connectivity index (χ0v) is 33.8. The van der Waals surface area contributed by atoms with E-state index < -0.39 is 21.7 Å². The van der Waals surface area contributed by atoms with Crippen LogP contribution in [-0.4, -0.2) is 76.9 Å². The Kier molecular flexibility index (Phi) is 11.4. The largest absolute Gasteiger partial charge is 0.347 e. The van der Waals surface area contributed by atoms with Crippen LogP contribution >= 0.6 is 0 Å². The predicted octanol–water partition coefficient (Wildman–Crippen LogP) is 6.19. The second-order valence-electron chi connectivity index (χ2n) is 15.3. The van der Waals surface area contributed by atoms with E-state index in [1.807, 2.05) is 60.0 Å². The Morgan fingerprint density at radius 1 is 0.712 bits per heavy atom. The second-order valence-corrected chi connectivity index (χ2v) is 17.3. The van der Waals surface area contributed by atoms with E-state index in [1.54, 1.807) is 59.5 Å². The number of likely N-dealkylation sites (tertiary alicyclic amines) is 1. The Hall–Kier alpha value is -6.18. The molecule has 13 heteroatoms. The highest BCUT2D eigenvalue weighted by Gasteiger charge is 2.28. The third-order valence-corrected chi connectivity index (χ3v) is 13.2. The van der Waals surface area contributed by atoms with Crippen LogP contribution in [0.1, 0.15) is 79.3 Å². The molecule has 4 heterocycles. The summed E-state index contributed by atoms with van der Waals surface area (Å²) >= 11 is 0. The summed E-state index contributed by atoms with van der Waals surface area (Å²) in [5.74, 6) is -1.62. The average molecular weight is 811 g/mol. The normalized spacial score (nSPS) is 14.6. The van der Waals surface area contributed by atoms with Crippen molar-refractivity contribution in [3.05, 3.63) is 142 Å². The molecule has 302 valence electrons. The van der Waals surface area contributed by atoms with Crippen molar-refractivity contribution in [3.8, 4) is 0 Å². The van der Waals surface area contributed by atoms with E-state index in [4.69, 9.17) is 0 Å². The van der Waals surface area contributed by atoms with Gasteiger partial charge >= 0.3 is 0 Å². The number of hydrogen-bond donors (Lipinski definition) is 2. The molecule has 4 aromatic carbocycles. The molecule has 0 spiro atoms. The number of carbonyl (C=O) groups excluding carboxylic acids is 4. The van der Waals surface area contributed by atoms with Crippen LogP contribution < -0.4 is 10.6 Å². The Morgan fingerprint density at radius 2 is 1.36 bits per heavy atom. The van der Waals surface area contributed by atoms with Crippen molar-refractivity contribution in [1.82, 2.24) is 29.4 Å². The first kappa shape index (κ1) is 39.6. The summed E-state index contributed by atoms with van der Waals surface area (Å²) in [5, 5.41) is 7.81. The minimum Gasteiger partial charge on any atom is -0.347 e. The molecule has 3 amide bonds. The van der Waals surface area contributed by atoms with E-state index in [0.29, 0.717) is 55.9 Å². The number of nitrogens with one attached hydrogen (secondary N) is 2. The molecule has 6 aromatic rings. The molecule has 59 heavy (non-hydrogen) atoms. The van der Waals surface area contributed by atoms with Crippen LogP contribution in [0.2, 0.25) is 0 Å². The lowest BCUT2D eigenvalue weighted by atomic mass is 10.0. The van der Waals surface area contributed by atoms with E-state index in [1.165, 1.54) is 4.31 Å². The molecular formula is C46H46N6O6S. The lowest BCUT2D eigenvalue weighted by Crippen LogP contribution is -2.34. The molecule has 2 saturated heterocycles. The maximum Gasteiger partial charge on any atom is 0.294 e. The average Bonchev–Trinajstić information content (AvgIpc) is 4.07. The number of amides is 3. The highest BCUT2D eigenvalue weighted by Crippen LogP contribution is 2.26. The molecule has 2 aliphatic heterocycles. The van der Waals surface area contributed by atoms with Crippen LogP contribution in [0.15, 0.2) is 108 Å². The molecule has 0 atom stereocenters. The number of para-hydroxylation sites is 1. The molecule has 12 nitrogen and oxygen atoms in total. The van der Waals surface area contributed by atoms with Crippen LogP contribution in [-0.2, 0) is 40.9 Å². The Morgan fingerprint density at radius 3 is 2.07 bits per heavy atom. The highest BCUT2D eigenvalue weighted by molar-refractivity contribution is 7.89. The van der Waals surface area contributed by atoms with Gasteiger partial charge in [-0.25, -0.2) is 13.4 Å². The number of aromatic nitrogens is 2. The third-order valence-electron chi connectivity index (χ3n) is 11.3. The first-order valence-corrected chi connectivity index (χ1v) is 21.6. The second kappa shape index (κ2) is 17.0. The fraction of sp³-hybridized carbons (Fsp3) is 0.283. The van der Waals surface area contributed by atoms with Crippen molar-refractivity contribution in [2.45, 2.75) is 63.6 Å². The fourth-order valence-corrected chi connectivity index (χ4v) is 9.50. The van der Waals surface area contributed by atoms with Crippen LogP contribution in [0.25, 0.3) is 21.8 Å². The van der Waals surface area contributed by atoms with E-state index >= 15 is 0 Å². The molecule has 2 N–H and O–H groups in total. The molecular weight excluding hydrogens is 765 g/mol. The van der Waals surface area contributed by atoms with E-state index in [0.717, 1.165) is 64.2 Å². The van der Waals surface area contributed by atoms with E-state index in [9.17, 15) is 27.6 Å². The molecule has 0 aliphatic carbocycles. The number of carbonyl (C=O) groups is 4. The van der Waals surface area contributed by atoms with Gasteiger partial charge < -0.3 is 20.1 Å². The smallest absolute Gasteiger partial charge is 0.294 e. The Labute approximate surface area is 343 Å². The number of nitrogens with zero attached hydrogens (tertiary/aromatic N) is 4. The SMILES string of the molecule is Cc1ccc2c(c1)cc(C(=O)NCc1ccc(S(=O)(=O)N3CCCC3)cc1)n2CCc1cc(C(=O)NCc2ccc(C(=O)C(=O)N3CCCC3)cc2)nc2ccccc12. The van der Waals surface area contributed by atoms with Crippen molar-refractivity contribution < 1.29 is 27.6 Å². The van der Waals surface area contributed by atoms with E-state index in [-0.39, 0.29) is 35.5 Å². The van der Waals surface area contributed by atoms with Gasteiger partial charge in [-0.3, -0.25) is 19.2 Å². The molecule has 0 radical (unpaired) electrons. The third kappa shape index (κ3) is 8.53. The number of hydrogen-bond acceptors (Lipinski definition) is 7. The summed E-state index contributed by atoms with van der Waals surface area (Å²) in [6, 6.07) is 30.8. The Balaban J connectivity index is 0.966. The van der Waals surface area contributed by atoms with Crippen LogP contribution in [0.4, 0.5) is 0 Å². The van der Waals surface area contributed by atoms with Gasteiger partial charge in [0.2, 0.25) is 15.8 Å². The standard InChI is InChI=1S/C46H46N6O6S/c1-31-10-19-41-36(26-31)28-42(45(55)48-30-33-13-17-37(18-14-33)59(57,58)51-23-6-7-24-51)52(41)25-20-35-27-40(49-39-9-3-2-8-38(35)39)44(54)47-29-32-11-15-34(16-12-32)43(53)46(56)50-21-4-5-22-50/h2-3,8-19,26-28H,4-7,20-25,29-30H2,1H3,(H,47,54)(H,48,55). The van der Waals surface area contributed by atoms with Gasteiger partial charge in [-0.15, -0.1) is 0 Å². The summed E-state index contributed by atoms with van der Waals surface area (Å²) in [7, 11) is -3.53. The summed E-state index contributed by atoms with van der Waals surface area (Å²) < 4.78 is 29.5. The number of benzene rings is 4. The molecule has 2 aromatic heterocycles. The summed E-state index contributed by atoms with van der Waals surface area (Å²) in [4.78, 5) is 59.2. The number of Topliss-reactive ketones (excluding diaryl/α,β-unsaturated/α-hetero) is 1. The molecule has 0 saturated carbocycles. The van der Waals surface area contributed by atoms with Crippen molar-refractivity contribution in [2.75, 3.05) is 26.2 Å². The minimum atomic E-state index is -3.53. The quantitative estimate of drug-likeness (QED) is 0.104. The fourth-order valence-electron chi connectivity index (χ4n) is 7.99. The monoisotopic (exact) mass is 810 g/mol. The highest BCUT2D eigenvalue weighted by atomic mass is 32.2. The summed E-state index contributed by atoms with van der Waals surface area (Å²) in [6.07, 6.45) is 4.05. The number of fused-ring (bicyclic) bond motifs is 2. The first-order valence-electron chi connectivity index (χ1n) is 20.1.